The van der Waals surface area contributed by atoms with E-state index in [9.17, 15) is 4.79 Å². The van der Waals surface area contributed by atoms with Gasteiger partial charge < -0.3 is 19.8 Å². The number of aliphatic hydroxyl groups excluding tert-OH is 1. The Balaban J connectivity index is 2.46. The van der Waals surface area contributed by atoms with Crippen LogP contribution < -0.4 is 0 Å². The maximum Gasteiger partial charge on any atom is 0.407 e. The third-order valence-electron chi connectivity index (χ3n) is 1.90. The van der Waals surface area contributed by atoms with Crippen molar-refractivity contribution in [2.75, 3.05) is 19.7 Å². The van der Waals surface area contributed by atoms with E-state index in [1.807, 2.05) is 0 Å². The molecule has 0 bridgehead atoms. The average molecular weight is 175 g/mol. The lowest BCUT2D eigenvalue weighted by Crippen LogP contribution is -2.48. The number of amides is 1. The maximum atomic E-state index is 10.5. The van der Waals surface area contributed by atoms with Gasteiger partial charge in [0, 0.05) is 6.54 Å². The molecule has 1 aliphatic rings. The van der Waals surface area contributed by atoms with Crippen molar-refractivity contribution in [3.63, 3.8) is 0 Å². The quantitative estimate of drug-likeness (QED) is 0.576. The Morgan fingerprint density at radius 3 is 2.92 bits per heavy atom. The highest BCUT2D eigenvalue weighted by atomic mass is 16.5. The Hall–Kier alpha value is -0.810. The van der Waals surface area contributed by atoms with Crippen molar-refractivity contribution in [1.29, 1.82) is 0 Å². The van der Waals surface area contributed by atoms with Crippen LogP contribution in [0.25, 0.3) is 0 Å². The SMILES string of the molecule is CC(O)[C@@H]1CN(C(=O)O)CCO1. The highest BCUT2D eigenvalue weighted by Gasteiger charge is 2.26. The molecule has 1 unspecified atom stereocenters. The zero-order chi connectivity index (χ0) is 9.14. The molecule has 1 saturated heterocycles. The second kappa shape index (κ2) is 3.73. The van der Waals surface area contributed by atoms with Crippen molar-refractivity contribution in [2.45, 2.75) is 19.1 Å². The zero-order valence-electron chi connectivity index (χ0n) is 6.93. The third-order valence-corrected chi connectivity index (χ3v) is 1.90. The van der Waals surface area contributed by atoms with Crippen LogP contribution in [0, 0.1) is 0 Å². The fourth-order valence-corrected chi connectivity index (χ4v) is 1.14. The topological polar surface area (TPSA) is 70.0 Å². The standard InChI is InChI=1S/C7H13NO4/c1-5(9)6-4-8(7(10)11)2-3-12-6/h5-6,9H,2-4H2,1H3,(H,10,11)/t5?,6-/m0/s1. The summed E-state index contributed by atoms with van der Waals surface area (Å²) in [6.45, 7) is 2.60. The van der Waals surface area contributed by atoms with E-state index in [0.29, 0.717) is 13.2 Å². The minimum absolute atomic E-state index is 0.257. The highest BCUT2D eigenvalue weighted by molar-refractivity contribution is 5.65. The smallest absolute Gasteiger partial charge is 0.407 e. The summed E-state index contributed by atoms with van der Waals surface area (Å²) in [5.74, 6) is 0. The minimum atomic E-state index is -0.955. The number of carbonyl (C=O) groups is 1. The van der Waals surface area contributed by atoms with Gasteiger partial charge in [-0.05, 0) is 6.92 Å². The Labute approximate surface area is 70.5 Å². The molecule has 2 atom stereocenters. The number of hydrogen-bond acceptors (Lipinski definition) is 3. The second-order valence-electron chi connectivity index (χ2n) is 2.88. The van der Waals surface area contributed by atoms with Gasteiger partial charge in [-0.1, -0.05) is 0 Å². The molecular formula is C7H13NO4. The molecule has 5 heteroatoms. The third kappa shape index (κ3) is 2.09. The number of aliphatic hydroxyl groups is 1. The van der Waals surface area contributed by atoms with Crippen LogP contribution in [0.15, 0.2) is 0 Å². The summed E-state index contributed by atoms with van der Waals surface area (Å²) in [5.41, 5.74) is 0. The monoisotopic (exact) mass is 175 g/mol. The predicted molar refractivity (Wildman–Crippen MR) is 41.0 cm³/mol. The van der Waals surface area contributed by atoms with Gasteiger partial charge in [0.1, 0.15) is 6.10 Å². The van der Waals surface area contributed by atoms with E-state index in [-0.39, 0.29) is 12.6 Å². The number of nitrogens with zero attached hydrogens (tertiary/aromatic N) is 1. The van der Waals surface area contributed by atoms with Crippen LogP contribution in [0.5, 0.6) is 0 Å². The van der Waals surface area contributed by atoms with Gasteiger partial charge in [-0.15, -0.1) is 0 Å². The van der Waals surface area contributed by atoms with E-state index in [1.165, 1.54) is 4.90 Å². The molecule has 1 fully saturated rings. The molecule has 1 heterocycles. The maximum absolute atomic E-state index is 10.5. The Morgan fingerprint density at radius 1 is 1.75 bits per heavy atom. The summed E-state index contributed by atoms with van der Waals surface area (Å²) >= 11 is 0. The van der Waals surface area contributed by atoms with E-state index >= 15 is 0 Å². The van der Waals surface area contributed by atoms with Crippen LogP contribution in [-0.4, -0.2) is 53.1 Å². The van der Waals surface area contributed by atoms with E-state index in [2.05, 4.69) is 0 Å². The molecule has 5 nitrogen and oxygen atoms in total. The van der Waals surface area contributed by atoms with Gasteiger partial charge in [-0.25, -0.2) is 4.79 Å². The Morgan fingerprint density at radius 2 is 2.42 bits per heavy atom. The molecule has 0 spiro atoms. The molecule has 0 aromatic carbocycles. The molecular weight excluding hydrogens is 162 g/mol. The molecule has 0 saturated carbocycles. The first-order valence-electron chi connectivity index (χ1n) is 3.89. The molecule has 12 heavy (non-hydrogen) atoms. The van der Waals surface area contributed by atoms with Crippen LogP contribution in [0.3, 0.4) is 0 Å². The van der Waals surface area contributed by atoms with E-state index in [0.717, 1.165) is 0 Å². The lowest BCUT2D eigenvalue weighted by molar-refractivity contribution is -0.0760. The summed E-state index contributed by atoms with van der Waals surface area (Å²) in [5, 5.41) is 17.8. The Kier molecular flexibility index (Phi) is 2.88. The molecule has 0 aliphatic carbocycles. The zero-order valence-corrected chi connectivity index (χ0v) is 6.93. The van der Waals surface area contributed by atoms with Crippen LogP contribution >= 0.6 is 0 Å². The minimum Gasteiger partial charge on any atom is -0.465 e. The summed E-state index contributed by atoms with van der Waals surface area (Å²) < 4.78 is 5.16. The summed E-state index contributed by atoms with van der Waals surface area (Å²) in [4.78, 5) is 11.8. The van der Waals surface area contributed by atoms with Gasteiger partial charge in [-0.2, -0.15) is 0 Å². The number of hydrogen-bond donors (Lipinski definition) is 2. The van der Waals surface area contributed by atoms with Gasteiger partial charge in [0.2, 0.25) is 0 Å². The van der Waals surface area contributed by atoms with Crippen molar-refractivity contribution < 1.29 is 19.7 Å². The first-order valence-corrected chi connectivity index (χ1v) is 3.89. The van der Waals surface area contributed by atoms with Crippen LogP contribution in [-0.2, 0) is 4.74 Å². The van der Waals surface area contributed by atoms with E-state index in [4.69, 9.17) is 14.9 Å². The fourth-order valence-electron chi connectivity index (χ4n) is 1.14. The molecule has 0 radical (unpaired) electrons. The van der Waals surface area contributed by atoms with E-state index < -0.39 is 12.2 Å². The molecule has 1 amide bonds. The first-order chi connectivity index (χ1) is 5.61. The Bertz CT molecular complexity index is 171. The molecule has 0 aromatic rings. The van der Waals surface area contributed by atoms with Crippen LogP contribution in [0.2, 0.25) is 0 Å². The van der Waals surface area contributed by atoms with Crippen molar-refractivity contribution in [3.05, 3.63) is 0 Å². The molecule has 1 rings (SSSR count). The fraction of sp³-hybridized carbons (Fsp3) is 0.857. The predicted octanol–water partition coefficient (Wildman–Crippen LogP) is -0.254. The van der Waals surface area contributed by atoms with Gasteiger partial charge in [0.25, 0.3) is 0 Å². The number of rotatable bonds is 1. The van der Waals surface area contributed by atoms with Crippen molar-refractivity contribution in [1.82, 2.24) is 4.90 Å². The van der Waals surface area contributed by atoms with Gasteiger partial charge in [-0.3, -0.25) is 0 Å². The van der Waals surface area contributed by atoms with Crippen LogP contribution in [0.4, 0.5) is 4.79 Å². The van der Waals surface area contributed by atoms with Crippen LogP contribution in [0.1, 0.15) is 6.92 Å². The lowest BCUT2D eigenvalue weighted by Gasteiger charge is -2.32. The van der Waals surface area contributed by atoms with E-state index in [1.54, 1.807) is 6.92 Å². The summed E-state index contributed by atoms with van der Waals surface area (Å²) in [6.07, 6.45) is -1.95. The van der Waals surface area contributed by atoms with Crippen molar-refractivity contribution >= 4 is 6.09 Å². The molecule has 0 aromatic heterocycles. The number of ether oxygens (including phenoxy) is 1. The summed E-state index contributed by atoms with van der Waals surface area (Å²) in [7, 11) is 0. The molecule has 70 valence electrons. The van der Waals surface area contributed by atoms with Crippen molar-refractivity contribution in [2.24, 2.45) is 0 Å². The van der Waals surface area contributed by atoms with Gasteiger partial charge >= 0.3 is 6.09 Å². The largest absolute Gasteiger partial charge is 0.465 e. The molecule has 2 N–H and O–H groups in total. The molecule has 1 aliphatic heterocycles. The normalized spacial score (nSPS) is 26.8. The average Bonchev–Trinajstić information content (AvgIpc) is 2.04. The van der Waals surface area contributed by atoms with Crippen molar-refractivity contribution in [3.8, 4) is 0 Å². The second-order valence-corrected chi connectivity index (χ2v) is 2.88. The first kappa shape index (κ1) is 9.28. The summed E-state index contributed by atoms with van der Waals surface area (Å²) in [6, 6.07) is 0. The highest BCUT2D eigenvalue weighted by Crippen LogP contribution is 2.08. The lowest BCUT2D eigenvalue weighted by atomic mass is 10.2. The number of carboxylic acid groups (broad SMARTS) is 1. The number of morpholine rings is 1. The van der Waals surface area contributed by atoms with Gasteiger partial charge in [0.05, 0.1) is 19.3 Å². The van der Waals surface area contributed by atoms with Gasteiger partial charge in [0.15, 0.2) is 0 Å².